The molecule has 0 aromatic heterocycles. The molecule has 10 atom stereocenters. The van der Waals surface area contributed by atoms with Crippen LogP contribution in [-0.2, 0) is 67.1 Å². The molecule has 3 aromatic carbocycles. The number of hydrogen-bond donors (Lipinski definition) is 12. The highest BCUT2D eigenvalue weighted by Crippen LogP contribution is 2.31. The zero-order chi connectivity index (χ0) is 64.2. The number of carbonyl (C=O) groups is 10. The normalized spacial score (nSPS) is 21.5. The first-order valence-electron chi connectivity index (χ1n) is 28.7. The van der Waals surface area contributed by atoms with Gasteiger partial charge in [-0.15, -0.1) is 0 Å². The topological polar surface area (TPSA) is 366 Å². The summed E-state index contributed by atoms with van der Waals surface area (Å²) in [6.45, 7) is 12.4. The average molecular weight is 1250 g/mol. The third-order valence-electron chi connectivity index (χ3n) is 13.7. The van der Waals surface area contributed by atoms with E-state index in [2.05, 4.69) is 42.5 Å². The standard InChI is InChI=1S/C61H82N8O16S2/c1-34(70)49-56(79)66-47(55(78)69-50(35(2)71)57(80)81)33-87-86-32-46(65-53(76)44(29-36-16-10-9-11-17-36)67-59(83)85-61(6,7)8)48(73)31-40(28-37-21-25-41(72)26-22-37)51(74)64-45(30-39-24-23-38-18-12-13-19-42(38)39)54(77)63-43(52(75)68-49)20-14-15-27-62-58(82)84-60(3,4)5/h9-13,16-19,21-22,24-26,34-35,40,43-47,49-50,70-72H,14-15,20,23,27-33H2,1-8H3,(H,62,82)(H,63,77)(H,64,74)(H,65,76)(H,66,79)(H,67,83)(H,68,75)(H,69,78)(H,80,81)/t34-,35-,40-,43+,44-,45-,46+,47+,49+,50+/m1/s1. The molecule has 1 saturated heterocycles. The van der Waals surface area contributed by atoms with Crippen LogP contribution in [0.4, 0.5) is 9.59 Å². The number of alkyl carbamates (subject to hydrolysis) is 2. The Kier molecular flexibility index (Phi) is 26.5. The molecule has 12 N–H and O–H groups in total. The molecular formula is C61H82N8O16S2. The summed E-state index contributed by atoms with van der Waals surface area (Å²) in [4.78, 5) is 141. The number of Topliss-reactive ketones (excluding diaryl/α,β-unsaturated/α-hetero) is 1. The number of aliphatic hydroxyl groups excluding tert-OH is 2. The zero-order valence-electron chi connectivity index (χ0n) is 50.1. The van der Waals surface area contributed by atoms with E-state index in [9.17, 15) is 54.0 Å². The number of allylic oxidation sites excluding steroid dienone is 1. The number of ketones is 1. The van der Waals surface area contributed by atoms with Gasteiger partial charge in [-0.25, -0.2) is 14.4 Å². The van der Waals surface area contributed by atoms with Crippen molar-refractivity contribution in [3.63, 3.8) is 0 Å². The Morgan fingerprint density at radius 1 is 0.690 bits per heavy atom. The van der Waals surface area contributed by atoms with Crippen molar-refractivity contribution in [1.29, 1.82) is 0 Å². The largest absolute Gasteiger partial charge is 0.508 e. The number of aliphatic carboxylic acids is 1. The number of amides is 8. The van der Waals surface area contributed by atoms with Crippen LogP contribution in [-0.4, -0.2) is 164 Å². The highest BCUT2D eigenvalue weighted by molar-refractivity contribution is 8.76. The highest BCUT2D eigenvalue weighted by atomic mass is 33.1. The summed E-state index contributed by atoms with van der Waals surface area (Å²) in [7, 11) is 1.81. The second kappa shape index (κ2) is 32.9. The van der Waals surface area contributed by atoms with Crippen molar-refractivity contribution in [2.24, 2.45) is 5.92 Å². The summed E-state index contributed by atoms with van der Waals surface area (Å²) < 4.78 is 10.8. The van der Waals surface area contributed by atoms with Gasteiger partial charge in [0.1, 0.15) is 47.2 Å². The third kappa shape index (κ3) is 23.5. The van der Waals surface area contributed by atoms with Gasteiger partial charge in [0.15, 0.2) is 11.8 Å². The average Bonchev–Trinajstić information content (AvgIpc) is 3.89. The molecule has 24 nitrogen and oxygen atoms in total. The summed E-state index contributed by atoms with van der Waals surface area (Å²) >= 11 is 0. The van der Waals surface area contributed by atoms with Crippen LogP contribution in [0.5, 0.6) is 5.75 Å². The molecule has 0 spiro atoms. The smallest absolute Gasteiger partial charge is 0.408 e. The number of benzene rings is 3. The van der Waals surface area contributed by atoms with Gasteiger partial charge in [-0.3, -0.25) is 33.6 Å². The van der Waals surface area contributed by atoms with Crippen LogP contribution in [0.25, 0.3) is 5.57 Å². The number of fused-ring (bicyclic) bond motifs is 1. The van der Waals surface area contributed by atoms with E-state index in [0.717, 1.165) is 39.6 Å². The number of aliphatic hydroxyl groups is 2. The quantitative estimate of drug-likeness (QED) is 0.0603. The van der Waals surface area contributed by atoms with E-state index in [1.54, 1.807) is 84.0 Å². The van der Waals surface area contributed by atoms with Crippen LogP contribution < -0.4 is 42.5 Å². The van der Waals surface area contributed by atoms with E-state index < -0.39 is 143 Å². The number of carboxylic acids is 1. The Labute approximate surface area is 514 Å². The maximum Gasteiger partial charge on any atom is 0.408 e. The van der Waals surface area contributed by atoms with Gasteiger partial charge in [0.2, 0.25) is 35.4 Å². The second-order valence-electron chi connectivity index (χ2n) is 23.5. The van der Waals surface area contributed by atoms with Gasteiger partial charge in [-0.05, 0) is 127 Å². The first-order chi connectivity index (χ1) is 41.0. The van der Waals surface area contributed by atoms with Crippen LogP contribution in [0.1, 0.15) is 110 Å². The minimum atomic E-state index is -1.87. The van der Waals surface area contributed by atoms with Crippen molar-refractivity contribution in [3.8, 4) is 5.75 Å². The third-order valence-corrected chi connectivity index (χ3v) is 16.2. The number of ether oxygens (including phenoxy) is 2. The lowest BCUT2D eigenvalue weighted by Gasteiger charge is -2.29. The van der Waals surface area contributed by atoms with Gasteiger partial charge in [0, 0.05) is 43.2 Å². The number of carbonyl (C=O) groups excluding carboxylic acids is 9. The predicted molar refractivity (Wildman–Crippen MR) is 327 cm³/mol. The summed E-state index contributed by atoms with van der Waals surface area (Å²) in [5, 5.41) is 62.3. The van der Waals surface area contributed by atoms with Gasteiger partial charge in [-0.2, -0.15) is 0 Å². The first-order valence-corrected chi connectivity index (χ1v) is 31.2. The maximum absolute atomic E-state index is 15.1. The van der Waals surface area contributed by atoms with Crippen molar-refractivity contribution in [2.75, 3.05) is 18.1 Å². The first kappa shape index (κ1) is 70.1. The van der Waals surface area contributed by atoms with Gasteiger partial charge in [-0.1, -0.05) is 94.4 Å². The molecular weight excluding hydrogens is 1160 g/mol. The predicted octanol–water partition coefficient (Wildman–Crippen LogP) is 3.52. The Bertz CT molecular complexity index is 2930. The minimum Gasteiger partial charge on any atom is -0.508 e. The van der Waals surface area contributed by atoms with E-state index in [4.69, 9.17) is 9.47 Å². The molecule has 1 heterocycles. The molecule has 2 aliphatic rings. The number of nitrogens with one attached hydrogen (secondary N) is 8. The molecule has 5 rings (SSSR count). The molecule has 8 amide bonds. The van der Waals surface area contributed by atoms with Gasteiger partial charge >= 0.3 is 18.2 Å². The van der Waals surface area contributed by atoms with E-state index in [1.165, 1.54) is 19.1 Å². The number of aromatic hydroxyl groups is 1. The summed E-state index contributed by atoms with van der Waals surface area (Å²) in [5.41, 5.74) is 1.79. The van der Waals surface area contributed by atoms with Crippen molar-refractivity contribution >= 4 is 86.5 Å². The van der Waals surface area contributed by atoms with Crippen molar-refractivity contribution in [3.05, 3.63) is 107 Å². The molecule has 1 aliphatic carbocycles. The molecule has 26 heteroatoms. The van der Waals surface area contributed by atoms with Crippen LogP contribution >= 0.6 is 21.6 Å². The number of carboxylic acid groups (broad SMARTS) is 1. The van der Waals surface area contributed by atoms with Crippen molar-refractivity contribution in [2.45, 2.75) is 172 Å². The molecule has 0 bridgehead atoms. The lowest BCUT2D eigenvalue weighted by Crippen LogP contribution is -2.62. The molecule has 1 fully saturated rings. The highest BCUT2D eigenvalue weighted by Gasteiger charge is 2.38. The summed E-state index contributed by atoms with van der Waals surface area (Å²) in [6.07, 6.45) is -3.14. The molecule has 87 heavy (non-hydrogen) atoms. The van der Waals surface area contributed by atoms with E-state index in [0.29, 0.717) is 23.1 Å². The number of hydrogen-bond acceptors (Lipinski definition) is 17. The van der Waals surface area contributed by atoms with Crippen LogP contribution in [0.2, 0.25) is 0 Å². The SMILES string of the molecule is C[C@@H](O)[C@H](NC(=O)[C@@H]1CSSC[C@H](NC(=O)[C@@H](Cc2ccccc2)NC(=O)OC(C)(C)C)C(=O)C[C@@H](Cc2ccc(O)cc2)C(=O)N[C@H](CC2=CCc3ccccc32)C(=O)N[C@@H](CCCCNC(=O)OC(C)(C)C)C(=O)N[C@@H]([C@@H](C)O)C(=O)N1)C(=O)O. The number of unbranched alkanes of at least 4 members (excludes halogenated alkanes) is 1. The monoisotopic (exact) mass is 1250 g/mol. The van der Waals surface area contributed by atoms with Crippen LogP contribution in [0.15, 0.2) is 84.9 Å². The number of phenolic OH excluding ortho intramolecular Hbond substituents is 1. The summed E-state index contributed by atoms with van der Waals surface area (Å²) in [5.74, 6) is -10.1. The fourth-order valence-electron chi connectivity index (χ4n) is 9.32. The zero-order valence-corrected chi connectivity index (χ0v) is 51.8. The Morgan fingerprint density at radius 2 is 1.31 bits per heavy atom. The lowest BCUT2D eigenvalue weighted by atomic mass is 9.90. The van der Waals surface area contributed by atoms with Crippen molar-refractivity contribution in [1.82, 2.24) is 42.5 Å². The van der Waals surface area contributed by atoms with Gasteiger partial charge in [0.05, 0.1) is 18.2 Å². The molecule has 0 unspecified atom stereocenters. The minimum absolute atomic E-state index is 0.0642. The molecule has 1 aliphatic heterocycles. The van der Waals surface area contributed by atoms with Crippen LogP contribution in [0, 0.1) is 5.92 Å². The number of phenols is 1. The Hall–Kier alpha value is -7.68. The molecule has 474 valence electrons. The summed E-state index contributed by atoms with van der Waals surface area (Å²) in [6, 6.07) is 10.9. The van der Waals surface area contributed by atoms with Gasteiger partial charge < -0.3 is 72.4 Å². The molecule has 0 radical (unpaired) electrons. The fraction of sp³-hybridized carbons (Fsp3) is 0.508. The fourth-order valence-corrected chi connectivity index (χ4v) is 11.7. The Morgan fingerprint density at radius 3 is 1.95 bits per heavy atom. The van der Waals surface area contributed by atoms with Crippen molar-refractivity contribution < 1.29 is 77.8 Å². The second-order valence-corrected chi connectivity index (χ2v) is 26.0. The maximum atomic E-state index is 15.1. The van der Waals surface area contributed by atoms with E-state index in [1.807, 2.05) is 30.3 Å². The van der Waals surface area contributed by atoms with E-state index in [-0.39, 0.29) is 56.6 Å². The van der Waals surface area contributed by atoms with Gasteiger partial charge in [0.25, 0.3) is 0 Å². The lowest BCUT2D eigenvalue weighted by molar-refractivity contribution is -0.145. The molecule has 0 saturated carbocycles. The number of rotatable bonds is 19. The van der Waals surface area contributed by atoms with E-state index >= 15 is 14.4 Å². The van der Waals surface area contributed by atoms with Crippen LogP contribution in [0.3, 0.4) is 0 Å². The Balaban J connectivity index is 1.62. The molecule has 3 aromatic rings.